The Bertz CT molecular complexity index is 1810. The van der Waals surface area contributed by atoms with Crippen LogP contribution in [0.4, 0.5) is 4.39 Å². The van der Waals surface area contributed by atoms with E-state index in [1.54, 1.807) is 37.3 Å². The number of hydrogen-bond donors (Lipinski definition) is 2. The van der Waals surface area contributed by atoms with Crippen LogP contribution in [0, 0.1) is 17.2 Å². The number of ether oxygens (including phenoxy) is 1. The molecule has 0 aromatic heterocycles. The van der Waals surface area contributed by atoms with Gasteiger partial charge < -0.3 is 19.8 Å². The van der Waals surface area contributed by atoms with Gasteiger partial charge in [0.25, 0.3) is 5.91 Å². The molecule has 2 fully saturated rings. The van der Waals surface area contributed by atoms with E-state index in [1.807, 2.05) is 7.05 Å². The predicted molar refractivity (Wildman–Crippen MR) is 178 cm³/mol. The highest BCUT2D eigenvalue weighted by atomic mass is 35.5. The van der Waals surface area contributed by atoms with Crippen molar-refractivity contribution in [3.8, 4) is 0 Å². The Labute approximate surface area is 285 Å². The zero-order valence-corrected chi connectivity index (χ0v) is 28.9. The summed E-state index contributed by atoms with van der Waals surface area (Å²) >= 11 is 12.5. The number of amides is 1. The maximum absolute atomic E-state index is 16.9. The lowest BCUT2D eigenvalue weighted by molar-refractivity contribution is -0.130. The molecule has 2 N–H and O–H groups in total. The Hall–Kier alpha value is -2.57. The van der Waals surface area contributed by atoms with Gasteiger partial charge in [0.2, 0.25) is 0 Å². The van der Waals surface area contributed by atoms with Crippen molar-refractivity contribution in [2.24, 2.45) is 11.3 Å². The molecule has 1 saturated carbocycles. The zero-order valence-electron chi connectivity index (χ0n) is 26.6. The number of aliphatic hydroxyl groups excluding tert-OH is 1. The van der Waals surface area contributed by atoms with E-state index in [4.69, 9.17) is 27.9 Å². The molecule has 8 nitrogen and oxygen atoms in total. The van der Waals surface area contributed by atoms with Gasteiger partial charge in [-0.3, -0.25) is 9.69 Å². The lowest BCUT2D eigenvalue weighted by Crippen LogP contribution is -2.48. The van der Waals surface area contributed by atoms with Crippen LogP contribution in [0.1, 0.15) is 65.2 Å². The van der Waals surface area contributed by atoms with Crippen LogP contribution in [0.3, 0.4) is 0 Å². The highest BCUT2D eigenvalue weighted by Crippen LogP contribution is 2.53. The normalized spacial score (nSPS) is 22.7. The number of piperidine rings is 1. The second kappa shape index (κ2) is 12.4. The number of likely N-dealkylation sites (tertiary alicyclic amines) is 1. The van der Waals surface area contributed by atoms with E-state index in [1.165, 1.54) is 29.2 Å². The smallest absolute Gasteiger partial charge is 0.257 e. The number of carbonyl (C=O) groups is 1. The number of carbonyl (C=O) groups excluding carboxylic acids is 1. The third kappa shape index (κ3) is 6.23. The Morgan fingerprint density at radius 2 is 1.68 bits per heavy atom. The molecule has 3 aliphatic rings. The third-order valence-electron chi connectivity index (χ3n) is 10.3. The van der Waals surface area contributed by atoms with Gasteiger partial charge >= 0.3 is 0 Å². The number of aliphatic hydroxyl groups is 2. The van der Waals surface area contributed by atoms with Crippen molar-refractivity contribution >= 4 is 38.9 Å². The molecule has 3 aromatic carbocycles. The quantitative estimate of drug-likeness (QED) is 0.278. The van der Waals surface area contributed by atoms with Crippen LogP contribution in [0.2, 0.25) is 10.0 Å². The minimum atomic E-state index is -3.79. The average molecular weight is 706 g/mol. The van der Waals surface area contributed by atoms with E-state index >= 15 is 4.39 Å². The van der Waals surface area contributed by atoms with Crippen molar-refractivity contribution in [1.82, 2.24) is 9.80 Å². The number of hydrogen-bond acceptors (Lipinski definition) is 7. The molecule has 0 spiro atoms. The maximum atomic E-state index is 16.9. The van der Waals surface area contributed by atoms with E-state index in [2.05, 4.69) is 4.90 Å². The van der Waals surface area contributed by atoms with Gasteiger partial charge in [-0.05, 0) is 106 Å². The summed E-state index contributed by atoms with van der Waals surface area (Å²) in [5.74, 6) is -1.50. The van der Waals surface area contributed by atoms with Gasteiger partial charge in [-0.1, -0.05) is 41.4 Å². The fraction of sp³-hybridized carbons (Fsp3) is 0.457. The summed E-state index contributed by atoms with van der Waals surface area (Å²) in [6, 6.07) is 13.8. The molecular weight excluding hydrogens is 666 g/mol. The van der Waals surface area contributed by atoms with Gasteiger partial charge in [-0.15, -0.1) is 0 Å². The van der Waals surface area contributed by atoms with Crippen LogP contribution in [0.15, 0.2) is 59.5 Å². The maximum Gasteiger partial charge on any atom is 0.257 e. The van der Waals surface area contributed by atoms with Gasteiger partial charge in [0, 0.05) is 27.3 Å². The summed E-state index contributed by atoms with van der Waals surface area (Å²) in [5.41, 5.74) is -2.94. The van der Waals surface area contributed by atoms with Crippen LogP contribution in [0.5, 0.6) is 0 Å². The fourth-order valence-electron chi connectivity index (χ4n) is 6.99. The number of halogens is 3. The van der Waals surface area contributed by atoms with Crippen LogP contribution in [0.25, 0.3) is 0 Å². The number of benzene rings is 3. The minimum Gasteiger partial charge on any atom is -0.396 e. The average Bonchev–Trinajstić information content (AvgIpc) is 3.77. The van der Waals surface area contributed by atoms with Crippen molar-refractivity contribution in [3.05, 3.63) is 98.3 Å². The van der Waals surface area contributed by atoms with Crippen molar-refractivity contribution in [2.75, 3.05) is 39.6 Å². The first-order chi connectivity index (χ1) is 22.1. The van der Waals surface area contributed by atoms with E-state index in [9.17, 15) is 23.4 Å². The topological polar surface area (TPSA) is 107 Å². The Morgan fingerprint density at radius 1 is 1.04 bits per heavy atom. The van der Waals surface area contributed by atoms with Crippen LogP contribution >= 0.6 is 23.2 Å². The zero-order chi connectivity index (χ0) is 33.9. The van der Waals surface area contributed by atoms with Crippen molar-refractivity contribution in [2.45, 2.75) is 55.4 Å². The molecule has 6 rings (SSSR count). The Balaban J connectivity index is 1.56. The first-order valence-corrected chi connectivity index (χ1v) is 18.3. The molecule has 2 heterocycles. The lowest BCUT2D eigenvalue weighted by atomic mass is 9.76. The fourth-order valence-corrected chi connectivity index (χ4v) is 8.30. The van der Waals surface area contributed by atoms with Crippen molar-refractivity contribution in [1.29, 1.82) is 0 Å². The van der Waals surface area contributed by atoms with Gasteiger partial charge in [-0.2, -0.15) is 0 Å². The Morgan fingerprint density at radius 3 is 2.28 bits per heavy atom. The first kappa shape index (κ1) is 34.3. The van der Waals surface area contributed by atoms with Crippen LogP contribution in [-0.2, 0) is 32.4 Å². The molecule has 0 radical (unpaired) electrons. The highest BCUT2D eigenvalue weighted by molar-refractivity contribution is 7.90. The second-order valence-corrected chi connectivity index (χ2v) is 16.5. The van der Waals surface area contributed by atoms with E-state index < -0.39 is 38.3 Å². The summed E-state index contributed by atoms with van der Waals surface area (Å²) in [5, 5.41) is 22.7. The number of fused-ring (bicyclic) bond motifs is 1. The molecular formula is C35H39Cl2FN2O6S. The summed E-state index contributed by atoms with van der Waals surface area (Å²) < 4.78 is 49.5. The van der Waals surface area contributed by atoms with Gasteiger partial charge in [0.1, 0.15) is 5.82 Å². The van der Waals surface area contributed by atoms with Crippen LogP contribution < -0.4 is 0 Å². The molecule has 3 aromatic rings. The molecule has 0 bridgehead atoms. The highest BCUT2D eigenvalue weighted by Gasteiger charge is 2.57. The van der Waals surface area contributed by atoms with E-state index in [0.29, 0.717) is 36.3 Å². The number of rotatable bonds is 10. The molecule has 1 amide bonds. The summed E-state index contributed by atoms with van der Waals surface area (Å²) in [6.07, 6.45) is 3.84. The molecule has 2 aliphatic heterocycles. The molecule has 2 atom stereocenters. The van der Waals surface area contributed by atoms with Gasteiger partial charge in [0.15, 0.2) is 15.6 Å². The van der Waals surface area contributed by atoms with Gasteiger partial charge in [0.05, 0.1) is 41.4 Å². The SMILES string of the molecule is CN1CCC(C(C)(O)c2cc(F)c3c(c2)C(=O)N(Cc2ccc(Cl)cc2S(C)(=O)=O)[C@@]3(OCC2(CO)CC2)c2ccc(Cl)cc2)CC1. The molecule has 12 heteroatoms. The largest absolute Gasteiger partial charge is 0.396 e. The van der Waals surface area contributed by atoms with Crippen LogP contribution in [-0.4, -0.2) is 73.9 Å². The monoisotopic (exact) mass is 704 g/mol. The predicted octanol–water partition coefficient (Wildman–Crippen LogP) is 5.73. The minimum absolute atomic E-state index is 0.00337. The summed E-state index contributed by atoms with van der Waals surface area (Å²) in [7, 11) is -1.78. The number of nitrogens with zero attached hydrogens (tertiary/aromatic N) is 2. The third-order valence-corrected chi connectivity index (χ3v) is 11.9. The first-order valence-electron chi connectivity index (χ1n) is 15.7. The standard InChI is InChI=1S/C35H39Cl2FN2O6S/c1-33(43,23-10-14-39(2)15-11-23)25-16-28-31(29(38)17-25)35(24-5-8-26(36)9-6-24,46-21-34(20-41)12-13-34)40(32(28)42)19-22-4-7-27(37)18-30(22)47(3,44)45/h4-9,16-18,23,41,43H,10-15,19-21H2,1-3H3/t33?,35-/m1/s1. The second-order valence-electron chi connectivity index (χ2n) is 13.6. The molecule has 1 aliphatic carbocycles. The Kier molecular flexibility index (Phi) is 9.04. The molecule has 252 valence electrons. The number of sulfone groups is 1. The summed E-state index contributed by atoms with van der Waals surface area (Å²) in [6.45, 7) is 2.80. The van der Waals surface area contributed by atoms with Crippen molar-refractivity contribution in [3.63, 3.8) is 0 Å². The molecule has 47 heavy (non-hydrogen) atoms. The lowest BCUT2D eigenvalue weighted by Gasteiger charge is -2.41. The van der Waals surface area contributed by atoms with Crippen molar-refractivity contribution < 1.29 is 32.6 Å². The van der Waals surface area contributed by atoms with E-state index in [0.717, 1.165) is 19.3 Å². The summed E-state index contributed by atoms with van der Waals surface area (Å²) in [4.78, 5) is 18.1. The molecule has 1 saturated heterocycles. The van der Waals surface area contributed by atoms with Gasteiger partial charge in [-0.25, -0.2) is 12.8 Å². The molecule has 1 unspecified atom stereocenters. The van der Waals surface area contributed by atoms with E-state index in [-0.39, 0.29) is 57.8 Å².